The summed E-state index contributed by atoms with van der Waals surface area (Å²) in [7, 11) is 0. The van der Waals surface area contributed by atoms with Crippen LogP contribution in [-0.2, 0) is 4.74 Å². The first-order valence-electron chi connectivity index (χ1n) is 8.34. The summed E-state index contributed by atoms with van der Waals surface area (Å²) in [6, 6.07) is 7.85. The Bertz CT molecular complexity index is 657. The molecule has 1 saturated heterocycles. The highest BCUT2D eigenvalue weighted by molar-refractivity contribution is 5.98. The van der Waals surface area contributed by atoms with Crippen molar-refractivity contribution in [3.8, 4) is 0 Å². The predicted molar refractivity (Wildman–Crippen MR) is 91.7 cm³/mol. The van der Waals surface area contributed by atoms with Crippen molar-refractivity contribution in [1.29, 1.82) is 0 Å². The van der Waals surface area contributed by atoms with Crippen LogP contribution < -0.4 is 0 Å². The Hall–Kier alpha value is -1.85. The minimum atomic E-state index is 0.131. The van der Waals surface area contributed by atoms with Gasteiger partial charge in [-0.2, -0.15) is 0 Å². The molecule has 2 heterocycles. The molecule has 23 heavy (non-hydrogen) atoms. The third kappa shape index (κ3) is 3.92. The summed E-state index contributed by atoms with van der Waals surface area (Å²) in [6.45, 7) is 9.21. The fourth-order valence-electron chi connectivity index (χ4n) is 2.96. The second-order valence-corrected chi connectivity index (χ2v) is 6.33. The molecule has 0 bridgehead atoms. The van der Waals surface area contributed by atoms with Crippen LogP contribution in [-0.4, -0.2) is 66.1 Å². The number of rotatable bonds is 5. The van der Waals surface area contributed by atoms with Crippen LogP contribution in [0.3, 0.4) is 0 Å². The van der Waals surface area contributed by atoms with Crippen LogP contribution in [0.1, 0.15) is 24.2 Å². The zero-order chi connectivity index (χ0) is 16.2. The Balaban J connectivity index is 1.53. The number of fused-ring (bicyclic) bond motifs is 1. The van der Waals surface area contributed by atoms with E-state index in [1.165, 1.54) is 0 Å². The maximum atomic E-state index is 12.6. The van der Waals surface area contributed by atoms with E-state index in [4.69, 9.17) is 4.74 Å². The molecule has 0 saturated carbocycles. The van der Waals surface area contributed by atoms with Crippen LogP contribution >= 0.6 is 0 Å². The third-order valence-corrected chi connectivity index (χ3v) is 4.32. The topological polar surface area (TPSA) is 48.6 Å². The highest BCUT2D eigenvalue weighted by Crippen LogP contribution is 2.16. The van der Waals surface area contributed by atoms with E-state index in [0.717, 1.165) is 55.8 Å². The van der Waals surface area contributed by atoms with E-state index in [9.17, 15) is 4.79 Å². The zero-order valence-electron chi connectivity index (χ0n) is 13.9. The maximum Gasteiger partial charge on any atom is 0.253 e. The number of benzene rings is 1. The highest BCUT2D eigenvalue weighted by Gasteiger charge is 2.22. The molecule has 1 aliphatic heterocycles. The Kier molecular flexibility index (Phi) is 4.98. The molecule has 5 heteroatoms. The van der Waals surface area contributed by atoms with Gasteiger partial charge in [0.15, 0.2) is 0 Å². The lowest BCUT2D eigenvalue weighted by molar-refractivity contribution is 0.0407. The smallest absolute Gasteiger partial charge is 0.253 e. The summed E-state index contributed by atoms with van der Waals surface area (Å²) < 4.78 is 5.60. The Morgan fingerprint density at radius 2 is 2.00 bits per heavy atom. The normalized spacial score (nSPS) is 16.4. The standard InChI is InChI=1S/C18H25N3O2/c1-14(2)23-12-11-20-7-9-21(10-8-20)18(22)16-3-4-17-15(13-16)5-6-19-17/h3-6,13-14,19H,7-12H2,1-2H3. The lowest BCUT2D eigenvalue weighted by Gasteiger charge is -2.34. The van der Waals surface area contributed by atoms with Gasteiger partial charge in [0.05, 0.1) is 12.7 Å². The monoisotopic (exact) mass is 315 g/mol. The lowest BCUT2D eigenvalue weighted by Crippen LogP contribution is -2.49. The molecule has 1 aliphatic rings. The molecule has 1 fully saturated rings. The number of nitrogens with one attached hydrogen (secondary N) is 1. The molecule has 1 N–H and O–H groups in total. The summed E-state index contributed by atoms with van der Waals surface area (Å²) in [6.07, 6.45) is 2.18. The summed E-state index contributed by atoms with van der Waals surface area (Å²) >= 11 is 0. The van der Waals surface area contributed by atoms with Crippen molar-refractivity contribution in [3.63, 3.8) is 0 Å². The summed E-state index contributed by atoms with van der Waals surface area (Å²) in [5.41, 5.74) is 1.84. The van der Waals surface area contributed by atoms with Crippen LogP contribution in [0.2, 0.25) is 0 Å². The van der Waals surface area contributed by atoms with Gasteiger partial charge >= 0.3 is 0 Å². The molecule has 0 unspecified atom stereocenters. The Morgan fingerprint density at radius 3 is 2.74 bits per heavy atom. The van der Waals surface area contributed by atoms with Crippen molar-refractivity contribution in [2.45, 2.75) is 20.0 Å². The van der Waals surface area contributed by atoms with Crippen LogP contribution in [0.4, 0.5) is 0 Å². The van der Waals surface area contributed by atoms with Crippen LogP contribution in [0, 0.1) is 0 Å². The zero-order valence-corrected chi connectivity index (χ0v) is 13.9. The number of carbonyl (C=O) groups excluding carboxylic acids is 1. The van der Waals surface area contributed by atoms with Gasteiger partial charge in [-0.15, -0.1) is 0 Å². The number of aromatic amines is 1. The van der Waals surface area contributed by atoms with E-state index >= 15 is 0 Å². The first kappa shape index (κ1) is 16.0. The van der Waals surface area contributed by atoms with E-state index in [0.29, 0.717) is 0 Å². The van der Waals surface area contributed by atoms with E-state index in [-0.39, 0.29) is 12.0 Å². The molecule has 0 aliphatic carbocycles. The second kappa shape index (κ2) is 7.15. The van der Waals surface area contributed by atoms with Gasteiger partial charge in [0.1, 0.15) is 0 Å². The molecule has 5 nitrogen and oxygen atoms in total. The fourth-order valence-corrected chi connectivity index (χ4v) is 2.96. The number of nitrogens with zero attached hydrogens (tertiary/aromatic N) is 2. The second-order valence-electron chi connectivity index (χ2n) is 6.33. The maximum absolute atomic E-state index is 12.6. The minimum Gasteiger partial charge on any atom is -0.377 e. The molecule has 1 amide bonds. The molecule has 2 aromatic rings. The van der Waals surface area contributed by atoms with Crippen molar-refractivity contribution in [3.05, 3.63) is 36.0 Å². The number of amides is 1. The molecule has 1 aromatic carbocycles. The van der Waals surface area contributed by atoms with Gasteiger partial charge in [-0.1, -0.05) is 0 Å². The number of hydrogen-bond donors (Lipinski definition) is 1. The first-order chi connectivity index (χ1) is 11.1. The number of ether oxygens (including phenoxy) is 1. The molecule has 0 spiro atoms. The van der Waals surface area contributed by atoms with E-state index in [1.807, 2.05) is 35.4 Å². The molecule has 1 aromatic heterocycles. The number of aromatic nitrogens is 1. The fraction of sp³-hybridized carbons (Fsp3) is 0.500. The predicted octanol–water partition coefficient (Wildman–Crippen LogP) is 2.35. The van der Waals surface area contributed by atoms with Gasteiger partial charge in [0.25, 0.3) is 5.91 Å². The van der Waals surface area contributed by atoms with Gasteiger partial charge in [-0.05, 0) is 38.1 Å². The Morgan fingerprint density at radius 1 is 1.22 bits per heavy atom. The van der Waals surface area contributed by atoms with E-state index in [1.54, 1.807) is 0 Å². The van der Waals surface area contributed by atoms with Crippen molar-refractivity contribution in [1.82, 2.24) is 14.8 Å². The molecular weight excluding hydrogens is 290 g/mol. The molecule has 0 atom stereocenters. The molecule has 124 valence electrons. The summed E-state index contributed by atoms with van der Waals surface area (Å²) in [5.74, 6) is 0.131. The average Bonchev–Trinajstić information content (AvgIpc) is 3.02. The number of piperazine rings is 1. The van der Waals surface area contributed by atoms with Gasteiger partial charge < -0.3 is 14.6 Å². The first-order valence-corrected chi connectivity index (χ1v) is 8.34. The van der Waals surface area contributed by atoms with E-state index in [2.05, 4.69) is 23.7 Å². The van der Waals surface area contributed by atoms with Crippen molar-refractivity contribution in [2.75, 3.05) is 39.3 Å². The van der Waals surface area contributed by atoms with Crippen LogP contribution in [0.5, 0.6) is 0 Å². The molecular formula is C18H25N3O2. The molecule has 0 radical (unpaired) electrons. The SMILES string of the molecule is CC(C)OCCN1CCN(C(=O)c2ccc3[nH]ccc3c2)CC1. The quantitative estimate of drug-likeness (QED) is 0.921. The van der Waals surface area contributed by atoms with Crippen LogP contribution in [0.15, 0.2) is 30.5 Å². The average molecular weight is 315 g/mol. The van der Waals surface area contributed by atoms with Crippen molar-refractivity contribution in [2.24, 2.45) is 0 Å². The van der Waals surface area contributed by atoms with Crippen LogP contribution in [0.25, 0.3) is 10.9 Å². The molecule has 3 rings (SSSR count). The van der Waals surface area contributed by atoms with Gasteiger partial charge in [0.2, 0.25) is 0 Å². The summed E-state index contributed by atoms with van der Waals surface area (Å²) in [5, 5.41) is 1.08. The number of hydrogen-bond acceptors (Lipinski definition) is 3. The number of carbonyl (C=O) groups is 1. The van der Waals surface area contributed by atoms with Gasteiger partial charge in [-0.25, -0.2) is 0 Å². The summed E-state index contributed by atoms with van der Waals surface area (Å²) in [4.78, 5) is 20.1. The third-order valence-electron chi connectivity index (χ3n) is 4.32. The largest absolute Gasteiger partial charge is 0.377 e. The van der Waals surface area contributed by atoms with Crippen molar-refractivity contribution < 1.29 is 9.53 Å². The minimum absolute atomic E-state index is 0.131. The van der Waals surface area contributed by atoms with Gasteiger partial charge in [-0.3, -0.25) is 9.69 Å². The van der Waals surface area contributed by atoms with Gasteiger partial charge in [0, 0.05) is 55.4 Å². The Labute approximate surface area is 137 Å². The highest BCUT2D eigenvalue weighted by atomic mass is 16.5. The van der Waals surface area contributed by atoms with E-state index < -0.39 is 0 Å². The van der Waals surface area contributed by atoms with Crippen molar-refractivity contribution >= 4 is 16.8 Å². The lowest BCUT2D eigenvalue weighted by atomic mass is 10.1. The number of H-pyrrole nitrogens is 1.